The zero-order valence-corrected chi connectivity index (χ0v) is 24.3. The first-order valence-electron chi connectivity index (χ1n) is 14.9. The van der Waals surface area contributed by atoms with Gasteiger partial charge in [-0.15, -0.1) is 6.58 Å². The van der Waals surface area contributed by atoms with Crippen LogP contribution in [-0.2, 0) is 6.42 Å². The van der Waals surface area contributed by atoms with E-state index in [0.717, 1.165) is 45.5 Å². The van der Waals surface area contributed by atoms with Crippen molar-refractivity contribution in [1.82, 2.24) is 9.13 Å². The molecule has 2 heterocycles. The second-order valence-corrected chi connectivity index (χ2v) is 11.1. The molecule has 0 spiro atoms. The molecule has 0 radical (unpaired) electrons. The van der Waals surface area contributed by atoms with Gasteiger partial charge in [0.25, 0.3) is 0 Å². The van der Waals surface area contributed by atoms with E-state index in [4.69, 9.17) is 4.74 Å². The second kappa shape index (κ2) is 10.5. The minimum Gasteiger partial charge on any atom is -0.466 e. The third kappa shape index (κ3) is 4.13. The number of benzene rings is 6. The Bertz CT molecular complexity index is 2390. The number of hydrogen-bond donors (Lipinski definition) is 0. The highest BCUT2D eigenvalue weighted by atomic mass is 16.5. The van der Waals surface area contributed by atoms with Crippen LogP contribution in [0.25, 0.3) is 66.1 Å². The number of ether oxygens (including phenoxy) is 1. The molecule has 0 N–H and O–H groups in total. The van der Waals surface area contributed by atoms with E-state index >= 15 is 0 Å². The Kier molecular flexibility index (Phi) is 6.16. The van der Waals surface area contributed by atoms with Crippen molar-refractivity contribution >= 4 is 43.6 Å². The normalized spacial score (nSPS) is 11.5. The monoisotopic (exact) mass is 566 g/mol. The lowest BCUT2D eigenvalue weighted by Gasteiger charge is -2.13. The molecule has 0 fully saturated rings. The van der Waals surface area contributed by atoms with Crippen molar-refractivity contribution in [2.75, 3.05) is 0 Å². The third-order valence-corrected chi connectivity index (χ3v) is 8.52. The standard InChI is InChI=1S/C41H30N2O/c1-3-11-28-20-22-36-34-16-5-7-18-38(34)43(41(36)24-28)32-15-10-13-30(26-32)29-12-9-14-31(25-29)42-39-19-8-6-17-35(39)37-27-33(44-4-2)21-23-40(37)42/h3-10,12-27H,1-2,11H2. The fourth-order valence-corrected chi connectivity index (χ4v) is 6.64. The van der Waals surface area contributed by atoms with Gasteiger partial charge in [0.2, 0.25) is 0 Å². The van der Waals surface area contributed by atoms with Crippen molar-refractivity contribution in [1.29, 1.82) is 0 Å². The molecule has 3 nitrogen and oxygen atoms in total. The van der Waals surface area contributed by atoms with Crippen molar-refractivity contribution in [3.63, 3.8) is 0 Å². The maximum absolute atomic E-state index is 5.62. The number of allylic oxidation sites excluding steroid dienone is 1. The molecule has 8 rings (SSSR count). The molecule has 210 valence electrons. The predicted octanol–water partition coefficient (Wildman–Crippen LogP) is 10.8. The summed E-state index contributed by atoms with van der Waals surface area (Å²) >= 11 is 0. The zero-order chi connectivity index (χ0) is 29.6. The molecule has 0 bridgehead atoms. The fourth-order valence-electron chi connectivity index (χ4n) is 6.64. The molecule has 0 unspecified atom stereocenters. The van der Waals surface area contributed by atoms with E-state index in [1.165, 1.54) is 44.6 Å². The molecule has 0 saturated heterocycles. The van der Waals surface area contributed by atoms with Crippen LogP contribution in [0.3, 0.4) is 0 Å². The van der Waals surface area contributed by atoms with Crippen LogP contribution in [0.2, 0.25) is 0 Å². The van der Waals surface area contributed by atoms with Crippen molar-refractivity contribution in [3.05, 3.63) is 165 Å². The van der Waals surface area contributed by atoms with Crippen LogP contribution in [0.1, 0.15) is 5.56 Å². The molecular formula is C41H30N2O. The van der Waals surface area contributed by atoms with E-state index in [0.29, 0.717) is 0 Å². The molecule has 0 saturated carbocycles. The molecular weight excluding hydrogens is 536 g/mol. The number of nitrogens with zero attached hydrogens (tertiary/aromatic N) is 2. The number of rotatable bonds is 7. The molecule has 0 aliphatic heterocycles. The van der Waals surface area contributed by atoms with Crippen LogP contribution >= 0.6 is 0 Å². The van der Waals surface area contributed by atoms with Crippen LogP contribution in [-0.4, -0.2) is 9.13 Å². The Balaban J connectivity index is 1.29. The molecule has 0 amide bonds. The van der Waals surface area contributed by atoms with Gasteiger partial charge in [-0.3, -0.25) is 0 Å². The Morgan fingerprint density at radius 3 is 1.75 bits per heavy atom. The maximum Gasteiger partial charge on any atom is 0.127 e. The minimum absolute atomic E-state index is 0.780. The highest BCUT2D eigenvalue weighted by Crippen LogP contribution is 2.37. The van der Waals surface area contributed by atoms with E-state index in [-0.39, 0.29) is 0 Å². The highest BCUT2D eigenvalue weighted by molar-refractivity contribution is 6.10. The summed E-state index contributed by atoms with van der Waals surface area (Å²) < 4.78 is 10.3. The number of hydrogen-bond acceptors (Lipinski definition) is 1. The summed E-state index contributed by atoms with van der Waals surface area (Å²) in [6.07, 6.45) is 4.28. The molecule has 0 aliphatic carbocycles. The van der Waals surface area contributed by atoms with Gasteiger partial charge in [0, 0.05) is 32.9 Å². The average molecular weight is 567 g/mol. The van der Waals surface area contributed by atoms with Gasteiger partial charge in [-0.25, -0.2) is 0 Å². The average Bonchev–Trinajstić information content (AvgIpc) is 3.57. The Hall–Kier alpha value is -5.80. The predicted molar refractivity (Wildman–Crippen MR) is 185 cm³/mol. The third-order valence-electron chi connectivity index (χ3n) is 8.52. The summed E-state index contributed by atoms with van der Waals surface area (Å²) in [4.78, 5) is 0. The first-order valence-corrected chi connectivity index (χ1v) is 14.9. The summed E-state index contributed by atoms with van der Waals surface area (Å²) in [5, 5.41) is 4.85. The van der Waals surface area contributed by atoms with E-state index in [1.807, 2.05) is 12.1 Å². The number of aromatic nitrogens is 2. The summed E-state index contributed by atoms with van der Waals surface area (Å²) in [5.74, 6) is 0.780. The van der Waals surface area contributed by atoms with Crippen LogP contribution < -0.4 is 4.74 Å². The van der Waals surface area contributed by atoms with Gasteiger partial charge in [0.1, 0.15) is 5.75 Å². The quantitative estimate of drug-likeness (QED) is 0.139. The smallest absolute Gasteiger partial charge is 0.127 e. The van der Waals surface area contributed by atoms with Crippen molar-refractivity contribution in [2.45, 2.75) is 6.42 Å². The fraction of sp³-hybridized carbons (Fsp3) is 0.0244. The van der Waals surface area contributed by atoms with E-state index in [2.05, 4.69) is 150 Å². The van der Waals surface area contributed by atoms with Gasteiger partial charge < -0.3 is 13.9 Å². The van der Waals surface area contributed by atoms with Crippen molar-refractivity contribution in [2.24, 2.45) is 0 Å². The Morgan fingerprint density at radius 1 is 0.500 bits per heavy atom. The lowest BCUT2D eigenvalue weighted by molar-refractivity contribution is 0.484. The molecule has 6 aromatic carbocycles. The van der Waals surface area contributed by atoms with E-state index in [9.17, 15) is 0 Å². The Morgan fingerprint density at radius 2 is 1.09 bits per heavy atom. The van der Waals surface area contributed by atoms with Gasteiger partial charge in [0.15, 0.2) is 0 Å². The maximum atomic E-state index is 5.62. The van der Waals surface area contributed by atoms with Crippen LogP contribution in [0, 0.1) is 0 Å². The summed E-state index contributed by atoms with van der Waals surface area (Å²) in [5.41, 5.74) is 10.5. The van der Waals surface area contributed by atoms with Gasteiger partial charge in [0.05, 0.1) is 28.3 Å². The first kappa shape index (κ1) is 25.9. The largest absolute Gasteiger partial charge is 0.466 e. The van der Waals surface area contributed by atoms with E-state index < -0.39 is 0 Å². The zero-order valence-electron chi connectivity index (χ0n) is 24.3. The van der Waals surface area contributed by atoms with Crippen molar-refractivity contribution < 1.29 is 4.74 Å². The number of para-hydroxylation sites is 2. The summed E-state index contributed by atoms with van der Waals surface area (Å²) in [6.45, 7) is 7.68. The lowest BCUT2D eigenvalue weighted by Crippen LogP contribution is -1.96. The minimum atomic E-state index is 0.780. The SMILES string of the molecule is C=CCc1ccc2c3ccccc3n(-c3cccc(-c4cccc(-n5c6ccccc6c6cc(OC=C)ccc65)c4)c3)c2c1. The molecule has 3 heteroatoms. The van der Waals surface area contributed by atoms with Gasteiger partial charge in [-0.05, 0) is 83.8 Å². The molecule has 0 aliphatic rings. The topological polar surface area (TPSA) is 19.1 Å². The van der Waals surface area contributed by atoms with Crippen LogP contribution in [0.5, 0.6) is 5.75 Å². The second-order valence-electron chi connectivity index (χ2n) is 11.1. The Labute approximate surface area is 256 Å². The van der Waals surface area contributed by atoms with Crippen molar-refractivity contribution in [3.8, 4) is 28.3 Å². The van der Waals surface area contributed by atoms with Crippen LogP contribution in [0.15, 0.2) is 159 Å². The first-order chi connectivity index (χ1) is 21.7. The van der Waals surface area contributed by atoms with E-state index in [1.54, 1.807) is 0 Å². The molecule has 8 aromatic rings. The highest BCUT2D eigenvalue weighted by Gasteiger charge is 2.15. The van der Waals surface area contributed by atoms with Gasteiger partial charge >= 0.3 is 0 Å². The molecule has 0 atom stereocenters. The lowest BCUT2D eigenvalue weighted by atomic mass is 10.0. The van der Waals surface area contributed by atoms with Gasteiger partial charge in [-0.1, -0.05) is 85.5 Å². The molecule has 44 heavy (non-hydrogen) atoms. The molecule has 2 aromatic heterocycles. The summed E-state index contributed by atoms with van der Waals surface area (Å²) in [6, 6.07) is 47.9. The van der Waals surface area contributed by atoms with Gasteiger partial charge in [-0.2, -0.15) is 0 Å². The van der Waals surface area contributed by atoms with Crippen LogP contribution in [0.4, 0.5) is 0 Å². The number of fused-ring (bicyclic) bond motifs is 6. The summed E-state index contributed by atoms with van der Waals surface area (Å²) in [7, 11) is 0.